The Morgan fingerprint density at radius 3 is 2.71 bits per heavy atom. The molecular weight excluding hydrogens is 284 g/mol. The summed E-state index contributed by atoms with van der Waals surface area (Å²) >= 11 is 3.39. The summed E-state index contributed by atoms with van der Waals surface area (Å²) in [5.74, 6) is -0.0972. The minimum absolute atomic E-state index is 0.306. The van der Waals surface area contributed by atoms with E-state index in [0.717, 1.165) is 10.0 Å². The highest BCUT2D eigenvalue weighted by Gasteiger charge is 2.25. The highest BCUT2D eigenvalue weighted by Crippen LogP contribution is 2.22. The molecule has 88 valence electrons. The van der Waals surface area contributed by atoms with E-state index < -0.39 is 5.97 Å². The van der Waals surface area contributed by atoms with Gasteiger partial charge in [0.1, 0.15) is 0 Å². The first-order valence-electron chi connectivity index (χ1n) is 5.02. The van der Waals surface area contributed by atoms with E-state index in [1.807, 2.05) is 38.4 Å². The molecule has 0 spiro atoms. The van der Waals surface area contributed by atoms with Crippen LogP contribution in [0.1, 0.15) is 5.56 Å². The Morgan fingerprint density at radius 2 is 2.06 bits per heavy atom. The molecule has 1 aliphatic rings. The average Bonchev–Trinajstić information content (AvgIpc) is 2.60. The molecule has 0 radical (unpaired) electrons. The van der Waals surface area contributed by atoms with Crippen molar-refractivity contribution in [2.75, 3.05) is 14.1 Å². The van der Waals surface area contributed by atoms with Crippen LogP contribution in [0.4, 0.5) is 0 Å². The summed E-state index contributed by atoms with van der Waals surface area (Å²) in [5.41, 5.74) is 1.07. The van der Waals surface area contributed by atoms with Gasteiger partial charge in [-0.25, -0.2) is 9.79 Å². The van der Waals surface area contributed by atoms with Crippen LogP contribution in [-0.4, -0.2) is 30.9 Å². The first-order valence-corrected chi connectivity index (χ1v) is 5.81. The number of aliphatic imine (C=N–C) groups is 1. The molecule has 0 bridgehead atoms. The second-order valence-electron chi connectivity index (χ2n) is 3.76. The van der Waals surface area contributed by atoms with Gasteiger partial charge in [-0.3, -0.25) is 0 Å². The monoisotopic (exact) mass is 294 g/mol. The summed E-state index contributed by atoms with van der Waals surface area (Å²) in [6.07, 6.45) is 1.63. The molecule has 4 nitrogen and oxygen atoms in total. The number of halogens is 1. The minimum Gasteiger partial charge on any atom is -0.402 e. The zero-order valence-electron chi connectivity index (χ0n) is 9.48. The Labute approximate surface area is 108 Å². The molecule has 0 amide bonds. The Morgan fingerprint density at radius 1 is 1.35 bits per heavy atom. The van der Waals surface area contributed by atoms with Crippen molar-refractivity contribution in [2.45, 2.75) is 0 Å². The molecule has 5 heteroatoms. The van der Waals surface area contributed by atoms with E-state index in [4.69, 9.17) is 4.74 Å². The van der Waals surface area contributed by atoms with E-state index in [0.29, 0.717) is 11.6 Å². The third kappa shape index (κ3) is 2.55. The molecule has 0 saturated carbocycles. The molecule has 0 atom stereocenters. The standard InChI is InChI=1S/C12H11BrN2O2/c1-15(2)7-10-12(16)17-11(14-10)8-5-3-4-6-9(8)13/h3-7H,1-2H3/b10-7+. The number of hydrogen-bond donors (Lipinski definition) is 0. The van der Waals surface area contributed by atoms with Gasteiger partial charge in [0.05, 0.1) is 5.56 Å². The van der Waals surface area contributed by atoms with E-state index in [1.165, 1.54) is 0 Å². The first kappa shape index (κ1) is 11.9. The molecule has 0 saturated heterocycles. The van der Waals surface area contributed by atoms with E-state index in [-0.39, 0.29) is 0 Å². The number of rotatable bonds is 2. The Bertz CT molecular complexity index is 521. The van der Waals surface area contributed by atoms with Crippen LogP contribution in [0.2, 0.25) is 0 Å². The highest BCUT2D eigenvalue weighted by atomic mass is 79.9. The van der Waals surface area contributed by atoms with E-state index in [2.05, 4.69) is 20.9 Å². The van der Waals surface area contributed by atoms with Gasteiger partial charge in [-0.15, -0.1) is 0 Å². The molecule has 0 N–H and O–H groups in total. The summed E-state index contributed by atoms with van der Waals surface area (Å²) in [7, 11) is 3.65. The van der Waals surface area contributed by atoms with Gasteiger partial charge in [0.2, 0.25) is 5.90 Å². The number of nitrogens with zero attached hydrogens (tertiary/aromatic N) is 2. The lowest BCUT2D eigenvalue weighted by molar-refractivity contribution is -0.130. The first-order chi connectivity index (χ1) is 8.08. The molecule has 2 rings (SSSR count). The molecule has 0 aromatic heterocycles. The van der Waals surface area contributed by atoms with Crippen LogP contribution >= 0.6 is 15.9 Å². The van der Waals surface area contributed by atoms with Crippen molar-refractivity contribution in [1.82, 2.24) is 4.90 Å². The number of hydrogen-bond acceptors (Lipinski definition) is 4. The SMILES string of the molecule is CN(C)/C=C1/N=C(c2ccccc2Br)OC1=O. The van der Waals surface area contributed by atoms with Crippen molar-refractivity contribution in [3.63, 3.8) is 0 Å². The van der Waals surface area contributed by atoms with Crippen LogP contribution in [0.5, 0.6) is 0 Å². The molecule has 1 aromatic carbocycles. The third-order valence-corrected chi connectivity index (χ3v) is 2.80. The second-order valence-corrected chi connectivity index (χ2v) is 4.62. The van der Waals surface area contributed by atoms with E-state index in [1.54, 1.807) is 11.1 Å². The van der Waals surface area contributed by atoms with Crippen LogP contribution in [0, 0.1) is 0 Å². The van der Waals surface area contributed by atoms with Gasteiger partial charge >= 0.3 is 5.97 Å². The molecule has 0 fully saturated rings. The molecule has 1 aromatic rings. The summed E-state index contributed by atoms with van der Waals surface area (Å²) in [5, 5.41) is 0. The van der Waals surface area contributed by atoms with Crippen molar-refractivity contribution in [2.24, 2.45) is 4.99 Å². The summed E-state index contributed by atoms with van der Waals surface area (Å²) in [4.78, 5) is 17.5. The molecule has 1 aliphatic heterocycles. The summed E-state index contributed by atoms with van der Waals surface area (Å²) in [6.45, 7) is 0. The zero-order chi connectivity index (χ0) is 12.4. The number of esters is 1. The highest BCUT2D eigenvalue weighted by molar-refractivity contribution is 9.10. The third-order valence-electron chi connectivity index (χ3n) is 2.11. The minimum atomic E-state index is -0.426. The molecule has 0 aliphatic carbocycles. The summed E-state index contributed by atoms with van der Waals surface area (Å²) in [6, 6.07) is 7.47. The Kier molecular flexibility index (Phi) is 3.28. The molecular formula is C12H11BrN2O2. The maximum Gasteiger partial charge on any atom is 0.365 e. The van der Waals surface area contributed by atoms with Gasteiger partial charge in [0.25, 0.3) is 0 Å². The lowest BCUT2D eigenvalue weighted by Gasteiger charge is -2.02. The summed E-state index contributed by atoms with van der Waals surface area (Å²) < 4.78 is 5.97. The quantitative estimate of drug-likeness (QED) is 0.620. The lowest BCUT2D eigenvalue weighted by atomic mass is 10.2. The van der Waals surface area contributed by atoms with Gasteiger partial charge in [-0.1, -0.05) is 12.1 Å². The van der Waals surface area contributed by atoms with Crippen molar-refractivity contribution in [1.29, 1.82) is 0 Å². The van der Waals surface area contributed by atoms with E-state index in [9.17, 15) is 4.79 Å². The second kappa shape index (κ2) is 4.71. The topological polar surface area (TPSA) is 41.9 Å². The van der Waals surface area contributed by atoms with Gasteiger partial charge in [-0.2, -0.15) is 0 Å². The fourth-order valence-corrected chi connectivity index (χ4v) is 1.85. The number of benzene rings is 1. The molecule has 0 unspecified atom stereocenters. The van der Waals surface area contributed by atoms with Gasteiger partial charge < -0.3 is 9.64 Å². The van der Waals surface area contributed by atoms with Crippen LogP contribution < -0.4 is 0 Å². The van der Waals surface area contributed by atoms with Crippen LogP contribution in [0.3, 0.4) is 0 Å². The van der Waals surface area contributed by atoms with Crippen molar-refractivity contribution in [3.8, 4) is 0 Å². The van der Waals surface area contributed by atoms with Crippen molar-refractivity contribution >= 4 is 27.8 Å². The predicted octanol–water partition coefficient (Wildman–Crippen LogP) is 2.16. The van der Waals surface area contributed by atoms with Gasteiger partial charge in [-0.05, 0) is 28.1 Å². The zero-order valence-corrected chi connectivity index (χ0v) is 11.1. The van der Waals surface area contributed by atoms with Crippen LogP contribution in [-0.2, 0) is 9.53 Å². The van der Waals surface area contributed by atoms with Crippen molar-refractivity contribution < 1.29 is 9.53 Å². The van der Waals surface area contributed by atoms with Crippen LogP contribution in [0.25, 0.3) is 0 Å². The molecule has 17 heavy (non-hydrogen) atoms. The number of cyclic esters (lactones) is 1. The van der Waals surface area contributed by atoms with Crippen LogP contribution in [0.15, 0.2) is 45.6 Å². The fourth-order valence-electron chi connectivity index (χ4n) is 1.39. The maximum absolute atomic E-state index is 11.6. The predicted molar refractivity (Wildman–Crippen MR) is 68.5 cm³/mol. The van der Waals surface area contributed by atoms with Gasteiger partial charge in [0, 0.05) is 24.8 Å². The number of ether oxygens (including phenoxy) is 1. The van der Waals surface area contributed by atoms with Crippen molar-refractivity contribution in [3.05, 3.63) is 46.2 Å². The lowest BCUT2D eigenvalue weighted by Crippen LogP contribution is -2.08. The Balaban J connectivity index is 2.37. The smallest absolute Gasteiger partial charge is 0.365 e. The Hall–Kier alpha value is -1.62. The number of carbonyl (C=O) groups excluding carboxylic acids is 1. The van der Waals surface area contributed by atoms with Gasteiger partial charge in [0.15, 0.2) is 5.70 Å². The molecule has 1 heterocycles. The largest absolute Gasteiger partial charge is 0.402 e. The maximum atomic E-state index is 11.6. The fraction of sp³-hybridized carbons (Fsp3) is 0.167. The normalized spacial score (nSPS) is 17.0. The number of carbonyl (C=O) groups is 1. The van der Waals surface area contributed by atoms with E-state index >= 15 is 0 Å². The average molecular weight is 295 g/mol.